The van der Waals surface area contributed by atoms with E-state index in [1.54, 1.807) is 6.20 Å². The van der Waals surface area contributed by atoms with Crippen LogP contribution >= 0.6 is 0 Å². The lowest BCUT2D eigenvalue weighted by molar-refractivity contribution is 0.484. The summed E-state index contributed by atoms with van der Waals surface area (Å²) in [6, 6.07) is 44.7. The summed E-state index contributed by atoms with van der Waals surface area (Å²) in [5, 5.41) is 2.28. The van der Waals surface area contributed by atoms with Gasteiger partial charge >= 0.3 is 0 Å². The highest BCUT2D eigenvalue weighted by Gasteiger charge is 2.33. The van der Waals surface area contributed by atoms with Gasteiger partial charge in [-0.3, -0.25) is 4.57 Å². The highest BCUT2D eigenvalue weighted by molar-refractivity contribution is 6.88. The minimum atomic E-state index is -2.00. The molecule has 324 valence electrons. The summed E-state index contributed by atoms with van der Waals surface area (Å²) in [5.41, 5.74) is 9.14. The molecule has 9 aromatic rings. The number of ether oxygens (including phenoxy) is 1. The number of anilines is 4. The second kappa shape index (κ2) is 16.0. The smallest absolute Gasteiger partial charge is 0.137 e. The van der Waals surface area contributed by atoms with E-state index in [9.17, 15) is 2.74 Å². The zero-order valence-electron chi connectivity index (χ0n) is 44.7. The Bertz CT molecular complexity index is 3510. The van der Waals surface area contributed by atoms with Gasteiger partial charge in [0.25, 0.3) is 0 Å². The van der Waals surface area contributed by atoms with Gasteiger partial charge in [0.15, 0.2) is 0 Å². The first-order chi connectivity index (χ1) is 33.6. The molecule has 0 atom stereocenters. The van der Waals surface area contributed by atoms with E-state index < -0.39 is 13.5 Å². The molecule has 10 rings (SSSR count). The minimum Gasteiger partial charge on any atom is -0.457 e. The van der Waals surface area contributed by atoms with Crippen LogP contribution in [0.2, 0.25) is 19.6 Å². The molecule has 7 aromatic carbocycles. The lowest BCUT2D eigenvalue weighted by Gasteiger charge is -2.30. The van der Waals surface area contributed by atoms with Gasteiger partial charge in [0.1, 0.15) is 24.0 Å². The van der Waals surface area contributed by atoms with Crippen LogP contribution in [0.5, 0.6) is 11.5 Å². The summed E-state index contributed by atoms with van der Waals surface area (Å²) in [5.74, 6) is 1.73. The topological polar surface area (TPSA) is 33.5 Å². The average Bonchev–Trinajstić information content (AvgIpc) is 3.88. The molecular weight excluding hydrogens is 809 g/mol. The fraction of sp³-hybridized carbons (Fsp3) is 0.203. The monoisotopic (exact) mass is 872 g/mol. The predicted octanol–water partition coefficient (Wildman–Crippen LogP) is 15.7. The first kappa shape index (κ1) is 35.5. The molecule has 6 heteroatoms. The van der Waals surface area contributed by atoms with Crippen molar-refractivity contribution in [1.82, 2.24) is 9.55 Å². The third-order valence-electron chi connectivity index (χ3n) is 12.4. The SMILES string of the molecule is [2H]c1c(-c2ccccc2)c(N2CN(c3cc(Oc4ccc5c6c([2H])c([2H])c([2H])c([2H])c6n(-c6cc(C(C)(C)C)ccn6)c5c4)cc([Si](C)(C)C)c3)c3ccccc32)c(-c2ccccc2)c([2H])c1C(C)(C)C. The molecular formula is C59H58N4OSi. The number of para-hydroxylation sites is 3. The Morgan fingerprint density at radius 1 is 0.585 bits per heavy atom. The molecule has 0 aliphatic carbocycles. The van der Waals surface area contributed by atoms with Gasteiger partial charge in [-0.05, 0) is 99.7 Å². The van der Waals surface area contributed by atoms with E-state index >= 15 is 0 Å². The van der Waals surface area contributed by atoms with Gasteiger partial charge in [0.2, 0.25) is 0 Å². The number of aromatic nitrogens is 2. The van der Waals surface area contributed by atoms with Crippen LogP contribution in [0.25, 0.3) is 49.9 Å². The van der Waals surface area contributed by atoms with E-state index in [1.807, 2.05) is 77.4 Å². The normalized spacial score (nSPS) is 14.5. The summed E-state index contributed by atoms with van der Waals surface area (Å²) >= 11 is 0. The molecule has 0 saturated heterocycles. The van der Waals surface area contributed by atoms with Gasteiger partial charge in [0, 0.05) is 45.9 Å². The number of benzene rings is 7. The molecule has 2 aromatic heterocycles. The molecule has 0 amide bonds. The molecule has 65 heavy (non-hydrogen) atoms. The van der Waals surface area contributed by atoms with Crippen molar-refractivity contribution in [2.75, 3.05) is 16.5 Å². The molecule has 0 fully saturated rings. The molecule has 0 radical (unpaired) electrons. The maximum Gasteiger partial charge on any atom is 0.137 e. The second-order valence-electron chi connectivity index (χ2n) is 20.2. The van der Waals surface area contributed by atoms with Crippen LogP contribution in [0.4, 0.5) is 22.7 Å². The van der Waals surface area contributed by atoms with Gasteiger partial charge < -0.3 is 14.5 Å². The quantitative estimate of drug-likeness (QED) is 0.142. The van der Waals surface area contributed by atoms with Crippen LogP contribution in [0.3, 0.4) is 0 Å². The van der Waals surface area contributed by atoms with Crippen LogP contribution in [0.15, 0.2) is 176 Å². The zero-order valence-corrected chi connectivity index (χ0v) is 39.7. The molecule has 0 spiro atoms. The second-order valence-corrected chi connectivity index (χ2v) is 25.2. The first-order valence-electron chi connectivity index (χ1n) is 25.4. The van der Waals surface area contributed by atoms with Crippen molar-refractivity contribution in [3.63, 3.8) is 0 Å². The van der Waals surface area contributed by atoms with Crippen molar-refractivity contribution in [3.8, 4) is 39.6 Å². The summed E-state index contributed by atoms with van der Waals surface area (Å²) in [7, 11) is -2.00. The maximum atomic E-state index is 9.98. The Labute approximate surface area is 394 Å². The maximum absolute atomic E-state index is 9.98. The van der Waals surface area contributed by atoms with E-state index in [2.05, 4.69) is 132 Å². The first-order valence-corrected chi connectivity index (χ1v) is 25.9. The number of nitrogens with zero attached hydrogens (tertiary/aromatic N) is 4. The molecule has 1 aliphatic rings. The molecule has 0 unspecified atom stereocenters. The van der Waals surface area contributed by atoms with Crippen LogP contribution in [0.1, 0.15) is 60.9 Å². The number of rotatable bonds is 8. The van der Waals surface area contributed by atoms with E-state index in [-0.39, 0.29) is 29.6 Å². The fourth-order valence-electron chi connectivity index (χ4n) is 8.80. The average molecular weight is 873 g/mol. The molecule has 5 nitrogen and oxygen atoms in total. The van der Waals surface area contributed by atoms with Gasteiger partial charge in [-0.15, -0.1) is 0 Å². The van der Waals surface area contributed by atoms with E-state index in [0.717, 1.165) is 50.6 Å². The highest BCUT2D eigenvalue weighted by atomic mass is 28.3. The van der Waals surface area contributed by atoms with Crippen LogP contribution in [0, 0.1) is 0 Å². The van der Waals surface area contributed by atoms with Crippen molar-refractivity contribution in [3.05, 3.63) is 187 Å². The molecule has 0 N–H and O–H groups in total. The molecule has 1 aliphatic heterocycles. The molecule has 3 heterocycles. The third kappa shape index (κ3) is 7.91. The van der Waals surface area contributed by atoms with Crippen molar-refractivity contribution in [1.29, 1.82) is 0 Å². The number of pyridine rings is 1. The summed E-state index contributed by atoms with van der Waals surface area (Å²) in [4.78, 5) is 9.37. The van der Waals surface area contributed by atoms with Crippen molar-refractivity contribution < 1.29 is 13.0 Å². The van der Waals surface area contributed by atoms with E-state index in [0.29, 0.717) is 63.4 Å². The highest BCUT2D eigenvalue weighted by Crippen LogP contribution is 2.51. The lowest BCUT2D eigenvalue weighted by Crippen LogP contribution is -2.38. The molecule has 0 bridgehead atoms. The Hall–Kier alpha value is -6.89. The summed E-state index contributed by atoms with van der Waals surface area (Å²) in [6.07, 6.45) is 1.75. The Morgan fingerprint density at radius 3 is 1.83 bits per heavy atom. The van der Waals surface area contributed by atoms with Crippen molar-refractivity contribution in [2.24, 2.45) is 0 Å². The predicted molar refractivity (Wildman–Crippen MR) is 278 cm³/mol. The fourth-order valence-corrected chi connectivity index (χ4v) is 9.95. The van der Waals surface area contributed by atoms with Crippen molar-refractivity contribution in [2.45, 2.75) is 72.0 Å². The number of hydrogen-bond donors (Lipinski definition) is 0. The van der Waals surface area contributed by atoms with Crippen LogP contribution < -0.4 is 19.7 Å². The van der Waals surface area contributed by atoms with Gasteiger partial charge in [-0.2, -0.15) is 0 Å². The van der Waals surface area contributed by atoms with Gasteiger partial charge in [0.05, 0.1) is 44.4 Å². The third-order valence-corrected chi connectivity index (χ3v) is 14.4. The van der Waals surface area contributed by atoms with E-state index in [4.69, 9.17) is 15.2 Å². The lowest BCUT2D eigenvalue weighted by atomic mass is 9.82. The van der Waals surface area contributed by atoms with Gasteiger partial charge in [-0.1, -0.05) is 157 Å². The van der Waals surface area contributed by atoms with Crippen LogP contribution in [-0.2, 0) is 10.8 Å². The van der Waals surface area contributed by atoms with Gasteiger partial charge in [-0.25, -0.2) is 4.98 Å². The largest absolute Gasteiger partial charge is 0.457 e. The zero-order chi connectivity index (χ0) is 50.5. The van der Waals surface area contributed by atoms with Crippen LogP contribution in [-0.4, -0.2) is 24.3 Å². The van der Waals surface area contributed by atoms with E-state index in [1.165, 1.54) is 5.19 Å². The Morgan fingerprint density at radius 2 is 1.20 bits per heavy atom. The minimum absolute atomic E-state index is 0.104. The van der Waals surface area contributed by atoms with Crippen molar-refractivity contribution >= 4 is 57.8 Å². The summed E-state index contributed by atoms with van der Waals surface area (Å²) in [6.45, 7) is 20.0. The summed E-state index contributed by atoms with van der Waals surface area (Å²) < 4.78 is 64.2. The standard InChI is InChI=1S/C59H58N4OSi/c1-58(2,3)42-30-31-60-56(34-42)63-52-25-17-16-24-48(52)49-29-28-45(38-55(49)63)64-46-35-44(36-47(37-46)65(7,8)9)61-39-62(54-27-19-18-26-53(54)61)57-50(40-20-12-10-13-21-40)32-43(59(4,5)6)33-51(57)41-22-14-11-15-23-41/h10-38H,39H2,1-9H3/i16D,17D,24D,25D,32D,33D. The number of hydrogen-bond acceptors (Lipinski definition) is 4. The Balaban J connectivity index is 1.15. The Kier molecular flexibility index (Phi) is 8.71. The number of fused-ring (bicyclic) bond motifs is 4. The molecule has 0 saturated carbocycles.